The van der Waals surface area contributed by atoms with Crippen LogP contribution in [0.5, 0.6) is 5.75 Å². The van der Waals surface area contributed by atoms with Crippen LogP contribution in [0.1, 0.15) is 30.4 Å². The second-order valence-electron chi connectivity index (χ2n) is 8.38. The Morgan fingerprint density at radius 2 is 1.76 bits per heavy atom. The highest BCUT2D eigenvalue weighted by Crippen LogP contribution is 2.36. The van der Waals surface area contributed by atoms with Crippen molar-refractivity contribution in [1.29, 1.82) is 0 Å². The number of thioether (sulfide) groups is 1. The third-order valence-corrected chi connectivity index (χ3v) is 7.21. The average molecular weight is 459 g/mol. The maximum Gasteiger partial charge on any atom is 0.293 e. The summed E-state index contributed by atoms with van der Waals surface area (Å²) in [5.41, 5.74) is 2.89. The predicted octanol–water partition coefficient (Wildman–Crippen LogP) is 6.08. The molecule has 2 amide bonds. The fourth-order valence-corrected chi connectivity index (χ4v) is 5.38. The molecule has 33 heavy (non-hydrogen) atoms. The number of piperidine rings is 1. The van der Waals surface area contributed by atoms with Crippen LogP contribution in [-0.4, -0.2) is 36.2 Å². The lowest BCUT2D eigenvalue weighted by Gasteiger charge is -2.29. The summed E-state index contributed by atoms with van der Waals surface area (Å²) < 4.78 is 5.63. The Morgan fingerprint density at radius 3 is 2.58 bits per heavy atom. The fourth-order valence-electron chi connectivity index (χ4n) is 4.55. The standard InChI is InChI=1S/C27H26N2O3S/c1-32-24-17-22(28-14-5-2-6-15-28)13-12-20(24)16-25-26(30)29(27(31)33-25)18-21-10-7-9-19-8-3-4-11-23(19)21/h3-4,7-13,16-17H,2,5-6,14-15,18H2,1H3/b25-16+. The summed E-state index contributed by atoms with van der Waals surface area (Å²) in [6, 6.07) is 20.0. The van der Waals surface area contributed by atoms with Crippen molar-refractivity contribution < 1.29 is 14.3 Å². The number of nitrogens with zero attached hydrogens (tertiary/aromatic N) is 2. The van der Waals surface area contributed by atoms with Gasteiger partial charge in [0.05, 0.1) is 18.6 Å². The molecule has 0 saturated carbocycles. The molecule has 2 saturated heterocycles. The molecule has 3 aromatic carbocycles. The summed E-state index contributed by atoms with van der Waals surface area (Å²) in [7, 11) is 1.64. The highest BCUT2D eigenvalue weighted by Gasteiger charge is 2.35. The van der Waals surface area contributed by atoms with Crippen molar-refractivity contribution in [2.75, 3.05) is 25.1 Å². The molecule has 168 valence electrons. The van der Waals surface area contributed by atoms with E-state index in [0.29, 0.717) is 10.7 Å². The van der Waals surface area contributed by atoms with E-state index < -0.39 is 0 Å². The van der Waals surface area contributed by atoms with Gasteiger partial charge in [0.25, 0.3) is 11.1 Å². The van der Waals surface area contributed by atoms with E-state index in [1.807, 2.05) is 54.6 Å². The van der Waals surface area contributed by atoms with Gasteiger partial charge in [0.15, 0.2) is 0 Å². The number of hydrogen-bond acceptors (Lipinski definition) is 5. The number of amides is 2. The summed E-state index contributed by atoms with van der Waals surface area (Å²) >= 11 is 0.985. The van der Waals surface area contributed by atoms with E-state index in [0.717, 1.165) is 52.4 Å². The van der Waals surface area contributed by atoms with Crippen molar-refractivity contribution in [2.45, 2.75) is 25.8 Å². The summed E-state index contributed by atoms with van der Waals surface area (Å²) in [6.07, 6.45) is 5.45. The molecule has 3 aromatic rings. The zero-order valence-electron chi connectivity index (χ0n) is 18.6. The second kappa shape index (κ2) is 9.32. The minimum absolute atomic E-state index is 0.247. The minimum Gasteiger partial charge on any atom is -0.496 e. The van der Waals surface area contributed by atoms with Crippen LogP contribution in [0.25, 0.3) is 16.8 Å². The van der Waals surface area contributed by atoms with Gasteiger partial charge in [-0.2, -0.15) is 0 Å². The molecule has 6 heteroatoms. The summed E-state index contributed by atoms with van der Waals surface area (Å²) in [5, 5.41) is 1.90. The van der Waals surface area contributed by atoms with Crippen molar-refractivity contribution in [1.82, 2.24) is 4.90 Å². The number of methoxy groups -OCH3 is 1. The monoisotopic (exact) mass is 458 g/mol. The van der Waals surface area contributed by atoms with E-state index in [-0.39, 0.29) is 17.7 Å². The molecule has 0 aliphatic carbocycles. The molecule has 0 spiro atoms. The van der Waals surface area contributed by atoms with Gasteiger partial charge in [0, 0.05) is 30.4 Å². The number of imide groups is 1. The van der Waals surface area contributed by atoms with E-state index in [1.165, 1.54) is 24.2 Å². The molecule has 0 unspecified atom stereocenters. The zero-order chi connectivity index (χ0) is 22.8. The number of fused-ring (bicyclic) bond motifs is 1. The summed E-state index contributed by atoms with van der Waals surface area (Å²) in [6.45, 7) is 2.36. The van der Waals surface area contributed by atoms with Crippen LogP contribution in [0.3, 0.4) is 0 Å². The van der Waals surface area contributed by atoms with Crippen molar-refractivity contribution >= 4 is 45.4 Å². The third-order valence-electron chi connectivity index (χ3n) is 6.31. The average Bonchev–Trinajstić information content (AvgIpc) is 3.12. The van der Waals surface area contributed by atoms with Crippen LogP contribution in [-0.2, 0) is 11.3 Å². The van der Waals surface area contributed by atoms with E-state index in [9.17, 15) is 9.59 Å². The topological polar surface area (TPSA) is 49.9 Å². The molecule has 2 heterocycles. The largest absolute Gasteiger partial charge is 0.496 e. The first-order valence-corrected chi connectivity index (χ1v) is 12.1. The Bertz CT molecular complexity index is 1240. The number of hydrogen-bond donors (Lipinski definition) is 0. The maximum absolute atomic E-state index is 13.1. The van der Waals surface area contributed by atoms with Crippen molar-refractivity contribution in [3.8, 4) is 5.75 Å². The Hall–Kier alpha value is -3.25. The molecule has 0 aromatic heterocycles. The molecule has 2 fully saturated rings. The third kappa shape index (κ3) is 4.35. The van der Waals surface area contributed by atoms with E-state index in [1.54, 1.807) is 13.2 Å². The summed E-state index contributed by atoms with van der Waals surface area (Å²) in [4.78, 5) is 30.0. The Balaban J connectivity index is 1.39. The number of benzene rings is 3. The van der Waals surface area contributed by atoms with Gasteiger partial charge in [0.1, 0.15) is 5.75 Å². The molecular formula is C27H26N2O3S. The molecular weight excluding hydrogens is 432 g/mol. The van der Waals surface area contributed by atoms with E-state index >= 15 is 0 Å². The smallest absolute Gasteiger partial charge is 0.293 e. The van der Waals surface area contributed by atoms with Gasteiger partial charge >= 0.3 is 0 Å². The van der Waals surface area contributed by atoms with Crippen LogP contribution >= 0.6 is 11.8 Å². The molecule has 0 bridgehead atoms. The number of anilines is 1. The lowest BCUT2D eigenvalue weighted by Crippen LogP contribution is -2.29. The first-order valence-electron chi connectivity index (χ1n) is 11.3. The first kappa shape index (κ1) is 21.6. The van der Waals surface area contributed by atoms with Crippen molar-refractivity contribution in [3.05, 3.63) is 76.7 Å². The molecule has 5 rings (SSSR count). The van der Waals surface area contributed by atoms with Gasteiger partial charge in [-0.05, 0) is 65.6 Å². The van der Waals surface area contributed by atoms with Gasteiger partial charge in [-0.3, -0.25) is 14.5 Å². The van der Waals surface area contributed by atoms with Crippen molar-refractivity contribution in [2.24, 2.45) is 0 Å². The maximum atomic E-state index is 13.1. The molecule has 2 aliphatic rings. The highest BCUT2D eigenvalue weighted by molar-refractivity contribution is 8.18. The van der Waals surface area contributed by atoms with Gasteiger partial charge in [-0.15, -0.1) is 0 Å². The quantitative estimate of drug-likeness (QED) is 0.434. The predicted molar refractivity (Wildman–Crippen MR) is 135 cm³/mol. The number of carbonyl (C=O) groups excluding carboxylic acids is 2. The molecule has 0 N–H and O–H groups in total. The van der Waals surface area contributed by atoms with Gasteiger partial charge < -0.3 is 9.64 Å². The number of carbonyl (C=O) groups is 2. The minimum atomic E-state index is -0.264. The Labute approximate surface area is 198 Å². The zero-order valence-corrected chi connectivity index (χ0v) is 19.4. The van der Waals surface area contributed by atoms with Crippen molar-refractivity contribution in [3.63, 3.8) is 0 Å². The van der Waals surface area contributed by atoms with Crippen LogP contribution in [0.2, 0.25) is 0 Å². The number of rotatable bonds is 5. The fraction of sp³-hybridized carbons (Fsp3) is 0.259. The van der Waals surface area contributed by atoms with Gasteiger partial charge in [-0.25, -0.2) is 0 Å². The van der Waals surface area contributed by atoms with Crippen LogP contribution in [0.4, 0.5) is 10.5 Å². The Morgan fingerprint density at radius 1 is 0.970 bits per heavy atom. The SMILES string of the molecule is COc1cc(N2CCCCC2)ccc1/C=C1/SC(=O)N(Cc2cccc3ccccc23)C1=O. The van der Waals surface area contributed by atoms with Gasteiger partial charge in [0.2, 0.25) is 0 Å². The van der Waals surface area contributed by atoms with Gasteiger partial charge in [-0.1, -0.05) is 42.5 Å². The normalized spacial score (nSPS) is 17.9. The Kier molecular flexibility index (Phi) is 6.09. The number of ether oxygens (including phenoxy) is 1. The second-order valence-corrected chi connectivity index (χ2v) is 9.37. The summed E-state index contributed by atoms with van der Waals surface area (Å²) in [5.74, 6) is 0.444. The lowest BCUT2D eigenvalue weighted by molar-refractivity contribution is -0.123. The molecule has 2 aliphatic heterocycles. The van der Waals surface area contributed by atoms with Crippen LogP contribution in [0.15, 0.2) is 65.6 Å². The molecule has 0 radical (unpaired) electrons. The first-order chi connectivity index (χ1) is 16.1. The van der Waals surface area contributed by atoms with Crippen LogP contribution in [0, 0.1) is 0 Å². The van der Waals surface area contributed by atoms with E-state index in [2.05, 4.69) is 11.0 Å². The van der Waals surface area contributed by atoms with Crippen LogP contribution < -0.4 is 9.64 Å². The van der Waals surface area contributed by atoms with E-state index in [4.69, 9.17) is 4.74 Å². The lowest BCUT2D eigenvalue weighted by atomic mass is 10.0. The highest BCUT2D eigenvalue weighted by atomic mass is 32.2. The molecule has 5 nitrogen and oxygen atoms in total. The molecule has 0 atom stereocenters.